The van der Waals surface area contributed by atoms with Crippen LogP contribution in [0.15, 0.2) is 11.4 Å². The van der Waals surface area contributed by atoms with Crippen molar-refractivity contribution in [2.45, 2.75) is 69.4 Å². The van der Waals surface area contributed by atoms with Gasteiger partial charge in [-0.15, -0.1) is 11.3 Å². The molecule has 0 aromatic carbocycles. The Hall–Kier alpha value is -1.40. The lowest BCUT2D eigenvalue weighted by Crippen LogP contribution is -3.14. The second-order valence-electron chi connectivity index (χ2n) is 10.6. The van der Waals surface area contributed by atoms with Gasteiger partial charge in [-0.2, -0.15) is 0 Å². The van der Waals surface area contributed by atoms with Crippen molar-refractivity contribution < 1.29 is 14.5 Å². The third kappa shape index (κ3) is 3.42. The first-order valence-electron chi connectivity index (χ1n) is 11.6. The number of rotatable bonds is 4. The summed E-state index contributed by atoms with van der Waals surface area (Å²) in [5.41, 5.74) is 1.42. The standard InChI is InChI=1S/C23H31N3O2S/c27-20(13-26-5-3-19-18(4-6-29-19)21(26)17-1-2-17)24-22(28)25-23-10-14-7-15(11-23)9-16(8-14)12-23/h4,6,14-17,21H,1-3,5,7-13H2,(H2,24,25,27,28)/p+1/t14?,15?,16?,21-,23?/m1/s1. The number of thiophene rings is 1. The average Bonchev–Trinajstić information content (AvgIpc) is 3.35. The van der Waals surface area contributed by atoms with E-state index in [1.54, 1.807) is 0 Å². The van der Waals surface area contributed by atoms with Gasteiger partial charge in [0.1, 0.15) is 6.04 Å². The molecular weight excluding hydrogens is 382 g/mol. The molecule has 2 atom stereocenters. The van der Waals surface area contributed by atoms with Gasteiger partial charge in [-0.1, -0.05) is 0 Å². The van der Waals surface area contributed by atoms with Gasteiger partial charge in [0, 0.05) is 28.3 Å². The Balaban J connectivity index is 1.08. The van der Waals surface area contributed by atoms with E-state index in [4.69, 9.17) is 0 Å². The van der Waals surface area contributed by atoms with Crippen molar-refractivity contribution in [3.05, 3.63) is 21.9 Å². The molecular formula is C23H32N3O2S+. The van der Waals surface area contributed by atoms with E-state index in [0.29, 0.717) is 18.5 Å². The van der Waals surface area contributed by atoms with Gasteiger partial charge in [0.05, 0.1) is 6.54 Å². The molecule has 5 saturated carbocycles. The van der Waals surface area contributed by atoms with Gasteiger partial charge < -0.3 is 10.2 Å². The van der Waals surface area contributed by atoms with Crippen LogP contribution >= 0.6 is 11.3 Å². The summed E-state index contributed by atoms with van der Waals surface area (Å²) in [5, 5.41) is 8.16. The second kappa shape index (κ2) is 6.81. The van der Waals surface area contributed by atoms with Crippen LogP contribution in [0.3, 0.4) is 0 Å². The Labute approximate surface area is 176 Å². The molecule has 1 aromatic rings. The van der Waals surface area contributed by atoms with Crippen LogP contribution in [0.1, 0.15) is 67.8 Å². The zero-order chi connectivity index (χ0) is 19.6. The third-order valence-electron chi connectivity index (χ3n) is 8.38. The summed E-state index contributed by atoms with van der Waals surface area (Å²) >= 11 is 1.86. The predicted octanol–water partition coefficient (Wildman–Crippen LogP) is 2.43. The molecule has 6 aliphatic rings. The highest BCUT2D eigenvalue weighted by atomic mass is 32.1. The van der Waals surface area contributed by atoms with E-state index in [0.717, 1.165) is 50.0 Å². The van der Waals surface area contributed by atoms with E-state index in [2.05, 4.69) is 22.1 Å². The number of urea groups is 1. The first-order valence-corrected chi connectivity index (χ1v) is 12.5. The highest BCUT2D eigenvalue weighted by Gasteiger charge is 2.51. The maximum Gasteiger partial charge on any atom is 0.322 e. The fraction of sp³-hybridized carbons (Fsp3) is 0.739. The maximum atomic E-state index is 12.8. The number of fused-ring (bicyclic) bond motifs is 1. The molecule has 3 amide bonds. The minimum Gasteiger partial charge on any atom is -0.332 e. The van der Waals surface area contributed by atoms with Gasteiger partial charge in [-0.3, -0.25) is 10.1 Å². The van der Waals surface area contributed by atoms with Crippen LogP contribution in [0.4, 0.5) is 4.79 Å². The van der Waals surface area contributed by atoms with Crippen LogP contribution in [0.2, 0.25) is 0 Å². The number of carbonyl (C=O) groups is 2. The van der Waals surface area contributed by atoms with Crippen LogP contribution in [0.25, 0.3) is 0 Å². The van der Waals surface area contributed by atoms with Gasteiger partial charge in [0.2, 0.25) is 0 Å². The molecule has 5 fully saturated rings. The summed E-state index contributed by atoms with van der Waals surface area (Å²) in [5.74, 6) is 2.95. The lowest BCUT2D eigenvalue weighted by atomic mass is 9.53. The Morgan fingerprint density at radius 1 is 1.10 bits per heavy atom. The van der Waals surface area contributed by atoms with Crippen LogP contribution in [0.5, 0.6) is 0 Å². The third-order valence-corrected chi connectivity index (χ3v) is 9.38. The molecule has 29 heavy (non-hydrogen) atoms. The molecule has 5 aliphatic carbocycles. The molecule has 3 N–H and O–H groups in total. The van der Waals surface area contributed by atoms with Gasteiger partial charge >= 0.3 is 6.03 Å². The molecule has 0 spiro atoms. The van der Waals surface area contributed by atoms with E-state index >= 15 is 0 Å². The summed E-state index contributed by atoms with van der Waals surface area (Å²) in [6.07, 6.45) is 11.0. The summed E-state index contributed by atoms with van der Waals surface area (Å²) in [7, 11) is 0. The number of imide groups is 1. The van der Waals surface area contributed by atoms with Crippen molar-refractivity contribution >= 4 is 23.3 Å². The predicted molar refractivity (Wildman–Crippen MR) is 112 cm³/mol. The van der Waals surface area contributed by atoms with E-state index in [1.165, 1.54) is 47.4 Å². The van der Waals surface area contributed by atoms with E-state index < -0.39 is 0 Å². The number of hydrogen-bond acceptors (Lipinski definition) is 3. The summed E-state index contributed by atoms with van der Waals surface area (Å²) in [6, 6.07) is 2.45. The molecule has 156 valence electrons. The second-order valence-corrected chi connectivity index (χ2v) is 11.7. The normalized spacial score (nSPS) is 39.8. The highest BCUT2D eigenvalue weighted by molar-refractivity contribution is 7.10. The van der Waals surface area contributed by atoms with Crippen molar-refractivity contribution in [2.24, 2.45) is 23.7 Å². The average molecular weight is 415 g/mol. The number of amides is 3. The zero-order valence-electron chi connectivity index (χ0n) is 17.0. The van der Waals surface area contributed by atoms with Crippen molar-refractivity contribution in [2.75, 3.05) is 13.1 Å². The van der Waals surface area contributed by atoms with Gasteiger partial charge in [-0.05, 0) is 80.6 Å². The Morgan fingerprint density at radius 3 is 2.45 bits per heavy atom. The van der Waals surface area contributed by atoms with Gasteiger partial charge in [0.15, 0.2) is 6.54 Å². The lowest BCUT2D eigenvalue weighted by Gasteiger charge is -2.56. The fourth-order valence-corrected chi connectivity index (χ4v) is 8.54. The Bertz CT molecular complexity index is 795. The van der Waals surface area contributed by atoms with E-state index in [-0.39, 0.29) is 17.5 Å². The Kier molecular flexibility index (Phi) is 4.31. The van der Waals surface area contributed by atoms with Crippen LogP contribution in [-0.2, 0) is 11.2 Å². The number of hydrogen-bond donors (Lipinski definition) is 3. The highest BCUT2D eigenvalue weighted by Crippen LogP contribution is 2.55. The maximum absolute atomic E-state index is 12.8. The smallest absolute Gasteiger partial charge is 0.322 e. The van der Waals surface area contributed by atoms with Crippen molar-refractivity contribution in [1.82, 2.24) is 10.6 Å². The molecule has 2 heterocycles. The molecule has 0 saturated heterocycles. The SMILES string of the molecule is O=C(C[NH+]1CCc2sccc2[C@H]1C1CC1)NC(=O)NC12CC3CC(CC(C3)C1)C2. The van der Waals surface area contributed by atoms with E-state index in [1.807, 2.05) is 11.3 Å². The lowest BCUT2D eigenvalue weighted by molar-refractivity contribution is -0.928. The molecule has 4 bridgehead atoms. The molecule has 5 nitrogen and oxygen atoms in total. The quantitative estimate of drug-likeness (QED) is 0.709. The van der Waals surface area contributed by atoms with Crippen molar-refractivity contribution in [3.63, 3.8) is 0 Å². The van der Waals surface area contributed by atoms with Crippen LogP contribution in [0, 0.1) is 23.7 Å². The molecule has 0 radical (unpaired) electrons. The summed E-state index contributed by atoms with van der Waals surface area (Å²) in [6.45, 7) is 1.41. The zero-order valence-corrected chi connectivity index (χ0v) is 17.9. The number of nitrogens with one attached hydrogen (secondary N) is 3. The van der Waals surface area contributed by atoms with Crippen LogP contribution < -0.4 is 15.5 Å². The van der Waals surface area contributed by atoms with Gasteiger partial charge in [-0.25, -0.2) is 4.79 Å². The molecule has 1 aromatic heterocycles. The first-order chi connectivity index (χ1) is 14.1. The molecule has 6 heteroatoms. The molecule has 1 aliphatic heterocycles. The topological polar surface area (TPSA) is 62.6 Å². The molecule has 7 rings (SSSR count). The van der Waals surface area contributed by atoms with Crippen LogP contribution in [-0.4, -0.2) is 30.6 Å². The largest absolute Gasteiger partial charge is 0.332 e. The van der Waals surface area contributed by atoms with E-state index in [9.17, 15) is 9.59 Å². The van der Waals surface area contributed by atoms with Gasteiger partial charge in [0.25, 0.3) is 5.91 Å². The summed E-state index contributed by atoms with van der Waals surface area (Å²) < 4.78 is 0. The minimum atomic E-state index is -0.257. The van der Waals surface area contributed by atoms with Crippen molar-refractivity contribution in [3.8, 4) is 0 Å². The number of carbonyl (C=O) groups excluding carboxylic acids is 2. The fourth-order valence-electron chi connectivity index (χ4n) is 7.61. The Morgan fingerprint density at radius 2 is 1.79 bits per heavy atom. The molecule has 1 unspecified atom stereocenters. The first kappa shape index (κ1) is 18.4. The number of quaternary nitrogens is 1. The van der Waals surface area contributed by atoms with Crippen molar-refractivity contribution in [1.29, 1.82) is 0 Å². The minimum absolute atomic E-state index is 0.0424. The summed E-state index contributed by atoms with van der Waals surface area (Å²) in [4.78, 5) is 28.3. The monoisotopic (exact) mass is 414 g/mol.